The molecule has 0 aliphatic carbocycles. The molecule has 3 rings (SSSR count). The van der Waals surface area contributed by atoms with Gasteiger partial charge in [0.1, 0.15) is 10.8 Å². The van der Waals surface area contributed by atoms with Gasteiger partial charge in [0.2, 0.25) is 0 Å². The summed E-state index contributed by atoms with van der Waals surface area (Å²) < 4.78 is 10.1. The number of methoxy groups -OCH3 is 1. The lowest BCUT2D eigenvalue weighted by molar-refractivity contribution is -0.119. The zero-order chi connectivity index (χ0) is 19.9. The highest BCUT2D eigenvalue weighted by Crippen LogP contribution is 2.24. The molecule has 2 aromatic carbocycles. The van der Waals surface area contributed by atoms with E-state index in [0.717, 1.165) is 17.0 Å². The number of rotatable bonds is 7. The number of nitrogens with zero attached hydrogens (tertiary/aromatic N) is 1. The summed E-state index contributed by atoms with van der Waals surface area (Å²) in [5, 5.41) is 5.02. The van der Waals surface area contributed by atoms with Crippen LogP contribution in [-0.4, -0.2) is 30.6 Å². The fourth-order valence-electron chi connectivity index (χ4n) is 2.46. The molecule has 0 fully saturated rings. The first-order chi connectivity index (χ1) is 13.6. The molecule has 1 aromatic heterocycles. The monoisotopic (exact) mass is 396 g/mol. The van der Waals surface area contributed by atoms with Crippen molar-refractivity contribution in [1.29, 1.82) is 0 Å². The van der Waals surface area contributed by atoms with Gasteiger partial charge >= 0.3 is 5.97 Å². The van der Waals surface area contributed by atoms with Crippen molar-refractivity contribution in [2.45, 2.75) is 13.3 Å². The van der Waals surface area contributed by atoms with E-state index < -0.39 is 11.9 Å². The summed E-state index contributed by atoms with van der Waals surface area (Å²) in [6, 6.07) is 14.9. The fraction of sp³-hybridized carbons (Fsp3) is 0.190. The van der Waals surface area contributed by atoms with Crippen molar-refractivity contribution >= 4 is 28.9 Å². The number of amides is 1. The minimum absolute atomic E-state index is 0.191. The van der Waals surface area contributed by atoms with Gasteiger partial charge in [-0.15, -0.1) is 11.3 Å². The zero-order valence-electron chi connectivity index (χ0n) is 15.6. The van der Waals surface area contributed by atoms with Gasteiger partial charge in [-0.1, -0.05) is 31.2 Å². The van der Waals surface area contributed by atoms with Crippen molar-refractivity contribution in [1.82, 2.24) is 4.98 Å². The van der Waals surface area contributed by atoms with Crippen LogP contribution in [0.1, 0.15) is 23.0 Å². The molecule has 0 saturated carbocycles. The molecule has 144 valence electrons. The molecule has 0 radical (unpaired) electrons. The van der Waals surface area contributed by atoms with Crippen molar-refractivity contribution < 1.29 is 19.1 Å². The van der Waals surface area contributed by atoms with Crippen LogP contribution in [0.5, 0.6) is 5.75 Å². The number of hydrogen-bond acceptors (Lipinski definition) is 6. The van der Waals surface area contributed by atoms with Crippen molar-refractivity contribution in [3.63, 3.8) is 0 Å². The van der Waals surface area contributed by atoms with Gasteiger partial charge in [0.25, 0.3) is 5.91 Å². The maximum atomic E-state index is 12.2. The van der Waals surface area contributed by atoms with Gasteiger partial charge in [-0.05, 0) is 36.2 Å². The molecule has 7 heteroatoms. The number of benzene rings is 2. The predicted molar refractivity (Wildman–Crippen MR) is 109 cm³/mol. The molecule has 1 N–H and O–H groups in total. The highest BCUT2D eigenvalue weighted by molar-refractivity contribution is 7.13. The molecule has 0 aliphatic heterocycles. The lowest BCUT2D eigenvalue weighted by Crippen LogP contribution is -2.21. The van der Waals surface area contributed by atoms with Crippen LogP contribution in [0.15, 0.2) is 53.9 Å². The summed E-state index contributed by atoms with van der Waals surface area (Å²) >= 11 is 1.36. The second-order valence-electron chi connectivity index (χ2n) is 5.94. The maximum Gasteiger partial charge on any atom is 0.358 e. The van der Waals surface area contributed by atoms with Crippen LogP contribution >= 0.6 is 11.3 Å². The number of ether oxygens (including phenoxy) is 2. The molecule has 1 heterocycles. The highest BCUT2D eigenvalue weighted by atomic mass is 32.1. The second-order valence-corrected chi connectivity index (χ2v) is 6.80. The van der Waals surface area contributed by atoms with Crippen LogP contribution in [0.3, 0.4) is 0 Å². The number of hydrogen-bond donors (Lipinski definition) is 1. The summed E-state index contributed by atoms with van der Waals surface area (Å²) in [6.07, 6.45) is 0.967. The van der Waals surface area contributed by atoms with Gasteiger partial charge in [0.05, 0.1) is 7.11 Å². The Bertz CT molecular complexity index is 949. The fourth-order valence-corrected chi connectivity index (χ4v) is 3.25. The summed E-state index contributed by atoms with van der Waals surface area (Å²) in [5.74, 6) is -0.366. The third kappa shape index (κ3) is 4.95. The van der Waals surface area contributed by atoms with Crippen molar-refractivity contribution in [2.24, 2.45) is 0 Å². The van der Waals surface area contributed by atoms with Crippen LogP contribution in [0, 0.1) is 0 Å². The maximum absolute atomic E-state index is 12.2. The van der Waals surface area contributed by atoms with E-state index in [4.69, 9.17) is 9.47 Å². The Morgan fingerprint density at radius 3 is 2.43 bits per heavy atom. The molecule has 28 heavy (non-hydrogen) atoms. The molecule has 0 saturated heterocycles. The molecule has 6 nitrogen and oxygen atoms in total. The standard InChI is InChI=1S/C21H20N2O4S/c1-3-14-4-6-15(7-5-14)20-23-18(13-28-20)21(25)27-12-19(24)22-16-8-10-17(26-2)11-9-16/h4-11,13H,3,12H2,1-2H3,(H,22,24). The Kier molecular flexibility index (Phi) is 6.39. The van der Waals surface area contributed by atoms with Gasteiger partial charge in [-0.25, -0.2) is 9.78 Å². The van der Waals surface area contributed by atoms with E-state index in [1.165, 1.54) is 16.9 Å². The van der Waals surface area contributed by atoms with Gasteiger partial charge in [0, 0.05) is 16.6 Å². The van der Waals surface area contributed by atoms with E-state index in [1.54, 1.807) is 36.8 Å². The summed E-state index contributed by atoms with van der Waals surface area (Å²) in [6.45, 7) is 1.71. The molecule has 0 aliphatic rings. The van der Waals surface area contributed by atoms with Gasteiger partial charge < -0.3 is 14.8 Å². The zero-order valence-corrected chi connectivity index (χ0v) is 16.4. The van der Waals surface area contributed by atoms with Crippen molar-refractivity contribution in [3.8, 4) is 16.3 Å². The molecule has 1 amide bonds. The average Bonchev–Trinajstić information content (AvgIpc) is 3.23. The van der Waals surface area contributed by atoms with E-state index in [2.05, 4.69) is 17.2 Å². The minimum Gasteiger partial charge on any atom is -0.497 e. The lowest BCUT2D eigenvalue weighted by Gasteiger charge is -2.06. The van der Waals surface area contributed by atoms with Crippen LogP contribution in [-0.2, 0) is 16.0 Å². The lowest BCUT2D eigenvalue weighted by atomic mass is 10.1. The Morgan fingerprint density at radius 1 is 1.07 bits per heavy atom. The average molecular weight is 396 g/mol. The van der Waals surface area contributed by atoms with Gasteiger partial charge in [-0.2, -0.15) is 0 Å². The van der Waals surface area contributed by atoms with Crippen molar-refractivity contribution in [2.75, 3.05) is 19.0 Å². The molecule has 0 unspecified atom stereocenters. The SMILES string of the molecule is CCc1ccc(-c2nc(C(=O)OCC(=O)Nc3ccc(OC)cc3)cs2)cc1. The van der Waals surface area contributed by atoms with Crippen LogP contribution in [0.25, 0.3) is 10.6 Å². The summed E-state index contributed by atoms with van der Waals surface area (Å²) in [5.41, 5.74) is 2.96. The normalized spacial score (nSPS) is 10.4. The number of thiazole rings is 1. The number of anilines is 1. The smallest absolute Gasteiger partial charge is 0.358 e. The topological polar surface area (TPSA) is 77.5 Å². The second kappa shape index (κ2) is 9.14. The summed E-state index contributed by atoms with van der Waals surface area (Å²) in [7, 11) is 1.57. The molecular formula is C21H20N2O4S. The number of aromatic nitrogens is 1. The van der Waals surface area contributed by atoms with Gasteiger partial charge in [0.15, 0.2) is 12.3 Å². The minimum atomic E-state index is -0.627. The van der Waals surface area contributed by atoms with E-state index in [-0.39, 0.29) is 12.3 Å². The number of carbonyl (C=O) groups is 2. The Morgan fingerprint density at radius 2 is 1.79 bits per heavy atom. The number of aryl methyl sites for hydroxylation is 1. The first-order valence-corrected chi connectivity index (χ1v) is 9.63. The predicted octanol–water partition coefficient (Wildman–Crippen LogP) is 4.18. The van der Waals surface area contributed by atoms with E-state index in [0.29, 0.717) is 11.4 Å². The van der Waals surface area contributed by atoms with Gasteiger partial charge in [-0.3, -0.25) is 4.79 Å². The number of nitrogens with one attached hydrogen (secondary N) is 1. The van der Waals surface area contributed by atoms with Crippen LogP contribution in [0.4, 0.5) is 5.69 Å². The highest BCUT2D eigenvalue weighted by Gasteiger charge is 2.15. The third-order valence-corrected chi connectivity index (χ3v) is 4.92. The molecule has 0 bridgehead atoms. The molecular weight excluding hydrogens is 376 g/mol. The van der Waals surface area contributed by atoms with Crippen LogP contribution in [0.2, 0.25) is 0 Å². The molecule has 0 spiro atoms. The largest absolute Gasteiger partial charge is 0.497 e. The first-order valence-electron chi connectivity index (χ1n) is 8.75. The Labute approximate surface area is 167 Å². The van der Waals surface area contributed by atoms with Crippen molar-refractivity contribution in [3.05, 3.63) is 65.2 Å². The third-order valence-electron chi connectivity index (χ3n) is 4.03. The first kappa shape index (κ1) is 19.6. The number of esters is 1. The molecule has 0 atom stereocenters. The Balaban J connectivity index is 1.54. The van der Waals surface area contributed by atoms with E-state index >= 15 is 0 Å². The van der Waals surface area contributed by atoms with E-state index in [9.17, 15) is 9.59 Å². The van der Waals surface area contributed by atoms with E-state index in [1.807, 2.05) is 24.3 Å². The van der Waals surface area contributed by atoms with Crippen LogP contribution < -0.4 is 10.1 Å². The number of carbonyl (C=O) groups excluding carboxylic acids is 2. The quantitative estimate of drug-likeness (QED) is 0.606. The Hall–Kier alpha value is -3.19. The summed E-state index contributed by atoms with van der Waals surface area (Å²) in [4.78, 5) is 28.4. The molecule has 3 aromatic rings.